The second kappa shape index (κ2) is 5.66. The largest absolute Gasteiger partial charge is 0.330 e. The lowest BCUT2D eigenvalue weighted by Gasteiger charge is -2.03. The van der Waals surface area contributed by atoms with Gasteiger partial charge in [0.05, 0.1) is 0 Å². The molecular weight excluding hydrogens is 348 g/mol. The van der Waals surface area contributed by atoms with Crippen LogP contribution in [-0.2, 0) is 6.42 Å². The molecule has 88 valence electrons. The van der Waals surface area contributed by atoms with Crippen molar-refractivity contribution in [2.75, 3.05) is 6.54 Å². The van der Waals surface area contributed by atoms with E-state index in [-0.39, 0.29) is 0 Å². The second-order valence-corrected chi connectivity index (χ2v) is 5.21. The standard InChI is InChI=1S/C11H10Br2N4/c12-8-3-9(13)10(15-6-8)11-16-4-7(1-2-14)5-17-11/h3-6H,1-2,14H2. The molecule has 0 saturated carbocycles. The van der Waals surface area contributed by atoms with Gasteiger partial charge in [0.1, 0.15) is 5.69 Å². The number of rotatable bonds is 3. The lowest BCUT2D eigenvalue weighted by Crippen LogP contribution is -2.04. The first-order chi connectivity index (χ1) is 8.20. The maximum atomic E-state index is 5.47. The minimum atomic E-state index is 0.600. The van der Waals surface area contributed by atoms with Crippen molar-refractivity contribution in [3.63, 3.8) is 0 Å². The Bertz CT molecular complexity index is 513. The van der Waals surface area contributed by atoms with Gasteiger partial charge in [0, 0.05) is 27.5 Å². The Hall–Kier alpha value is -0.850. The molecule has 2 rings (SSSR count). The molecule has 0 aromatic carbocycles. The monoisotopic (exact) mass is 356 g/mol. The van der Waals surface area contributed by atoms with Crippen LogP contribution < -0.4 is 5.73 Å². The molecule has 4 nitrogen and oxygen atoms in total. The molecule has 2 N–H and O–H groups in total. The fourth-order valence-corrected chi connectivity index (χ4v) is 2.52. The quantitative estimate of drug-likeness (QED) is 0.916. The average Bonchev–Trinajstić information content (AvgIpc) is 2.31. The van der Waals surface area contributed by atoms with Crippen LogP contribution in [0.3, 0.4) is 0 Å². The molecule has 6 heteroatoms. The van der Waals surface area contributed by atoms with E-state index in [0.717, 1.165) is 26.6 Å². The van der Waals surface area contributed by atoms with Gasteiger partial charge in [-0.2, -0.15) is 0 Å². The SMILES string of the molecule is NCCc1cnc(-c2ncc(Br)cc2Br)nc1. The van der Waals surface area contributed by atoms with Gasteiger partial charge >= 0.3 is 0 Å². The summed E-state index contributed by atoms with van der Waals surface area (Å²) in [6, 6.07) is 1.92. The molecule has 0 amide bonds. The second-order valence-electron chi connectivity index (χ2n) is 3.44. The summed E-state index contributed by atoms with van der Waals surface area (Å²) in [4.78, 5) is 12.8. The molecule has 0 aliphatic heterocycles. The van der Waals surface area contributed by atoms with Gasteiger partial charge in [-0.25, -0.2) is 9.97 Å². The molecule has 2 aromatic heterocycles. The van der Waals surface area contributed by atoms with Gasteiger partial charge < -0.3 is 5.73 Å². The Morgan fingerprint density at radius 1 is 1.06 bits per heavy atom. The van der Waals surface area contributed by atoms with Crippen LogP contribution in [0.4, 0.5) is 0 Å². The van der Waals surface area contributed by atoms with E-state index in [1.54, 1.807) is 18.6 Å². The molecule has 0 fully saturated rings. The first kappa shape index (κ1) is 12.6. The van der Waals surface area contributed by atoms with E-state index in [2.05, 4.69) is 46.8 Å². The van der Waals surface area contributed by atoms with Crippen LogP contribution in [0.2, 0.25) is 0 Å². The Labute approximate surface area is 116 Å². The molecule has 17 heavy (non-hydrogen) atoms. The number of aromatic nitrogens is 3. The summed E-state index contributed by atoms with van der Waals surface area (Å²) in [5, 5.41) is 0. The number of nitrogens with two attached hydrogens (primary N) is 1. The number of nitrogens with zero attached hydrogens (tertiary/aromatic N) is 3. The summed E-state index contributed by atoms with van der Waals surface area (Å²) >= 11 is 6.79. The zero-order valence-electron chi connectivity index (χ0n) is 8.90. The molecule has 0 atom stereocenters. The van der Waals surface area contributed by atoms with Crippen LogP contribution in [0.15, 0.2) is 33.6 Å². The van der Waals surface area contributed by atoms with Gasteiger partial charge in [0.25, 0.3) is 0 Å². The lowest BCUT2D eigenvalue weighted by molar-refractivity contribution is 0.941. The van der Waals surface area contributed by atoms with Crippen LogP contribution in [0.25, 0.3) is 11.5 Å². The van der Waals surface area contributed by atoms with Crippen molar-refractivity contribution < 1.29 is 0 Å². The van der Waals surface area contributed by atoms with E-state index in [1.807, 2.05) is 6.07 Å². The summed E-state index contributed by atoms with van der Waals surface area (Å²) in [6.45, 7) is 0.600. The van der Waals surface area contributed by atoms with Gasteiger partial charge in [-0.05, 0) is 56.5 Å². The Morgan fingerprint density at radius 2 is 1.76 bits per heavy atom. The van der Waals surface area contributed by atoms with Crippen molar-refractivity contribution >= 4 is 31.9 Å². The highest BCUT2D eigenvalue weighted by molar-refractivity contribution is 9.11. The minimum Gasteiger partial charge on any atom is -0.330 e. The van der Waals surface area contributed by atoms with E-state index >= 15 is 0 Å². The van der Waals surface area contributed by atoms with Gasteiger partial charge in [0.15, 0.2) is 5.82 Å². The third-order valence-corrected chi connectivity index (χ3v) is 3.20. The van der Waals surface area contributed by atoms with E-state index in [9.17, 15) is 0 Å². The topological polar surface area (TPSA) is 64.7 Å². The summed E-state index contributed by atoms with van der Waals surface area (Å²) in [6.07, 6.45) is 6.07. The number of halogens is 2. The van der Waals surface area contributed by atoms with Crippen LogP contribution in [0, 0.1) is 0 Å². The van der Waals surface area contributed by atoms with Gasteiger partial charge in [-0.3, -0.25) is 4.98 Å². The van der Waals surface area contributed by atoms with Gasteiger partial charge in [0.2, 0.25) is 0 Å². The van der Waals surface area contributed by atoms with Crippen LogP contribution in [-0.4, -0.2) is 21.5 Å². The first-order valence-corrected chi connectivity index (χ1v) is 6.61. The van der Waals surface area contributed by atoms with Crippen molar-refractivity contribution in [1.82, 2.24) is 15.0 Å². The van der Waals surface area contributed by atoms with Crippen molar-refractivity contribution in [3.8, 4) is 11.5 Å². The summed E-state index contributed by atoms with van der Waals surface area (Å²) in [7, 11) is 0. The van der Waals surface area contributed by atoms with Gasteiger partial charge in [-0.1, -0.05) is 0 Å². The highest BCUT2D eigenvalue weighted by Gasteiger charge is 2.08. The van der Waals surface area contributed by atoms with Crippen LogP contribution in [0.1, 0.15) is 5.56 Å². The maximum Gasteiger partial charge on any atom is 0.179 e. The molecule has 0 saturated heterocycles. The zero-order valence-corrected chi connectivity index (χ0v) is 12.1. The molecule has 0 unspecified atom stereocenters. The lowest BCUT2D eigenvalue weighted by atomic mass is 10.2. The normalized spacial score (nSPS) is 10.5. The molecule has 0 bridgehead atoms. The fourth-order valence-electron chi connectivity index (χ4n) is 1.35. The summed E-state index contributed by atoms with van der Waals surface area (Å²) in [5.41, 5.74) is 7.23. The molecule has 0 spiro atoms. The molecule has 2 aromatic rings. The molecular formula is C11H10Br2N4. The van der Waals surface area contributed by atoms with E-state index < -0.39 is 0 Å². The number of hydrogen-bond acceptors (Lipinski definition) is 4. The molecule has 0 aliphatic carbocycles. The van der Waals surface area contributed by atoms with Crippen LogP contribution in [0.5, 0.6) is 0 Å². The Kier molecular flexibility index (Phi) is 4.20. The van der Waals surface area contributed by atoms with Gasteiger partial charge in [-0.15, -0.1) is 0 Å². The maximum absolute atomic E-state index is 5.47. The van der Waals surface area contributed by atoms with Crippen molar-refractivity contribution in [2.45, 2.75) is 6.42 Å². The van der Waals surface area contributed by atoms with Crippen molar-refractivity contribution in [1.29, 1.82) is 0 Å². The third kappa shape index (κ3) is 3.08. The zero-order chi connectivity index (χ0) is 12.3. The van der Waals surface area contributed by atoms with E-state index in [0.29, 0.717) is 12.4 Å². The number of pyridine rings is 1. The summed E-state index contributed by atoms with van der Waals surface area (Å²) < 4.78 is 1.77. The first-order valence-electron chi connectivity index (χ1n) is 5.03. The number of hydrogen-bond donors (Lipinski definition) is 1. The minimum absolute atomic E-state index is 0.600. The van der Waals surface area contributed by atoms with E-state index in [4.69, 9.17) is 5.73 Å². The summed E-state index contributed by atoms with van der Waals surface area (Å²) in [5.74, 6) is 0.602. The predicted molar refractivity (Wildman–Crippen MR) is 73.4 cm³/mol. The smallest absolute Gasteiger partial charge is 0.179 e. The highest BCUT2D eigenvalue weighted by atomic mass is 79.9. The van der Waals surface area contributed by atoms with E-state index in [1.165, 1.54) is 0 Å². The van der Waals surface area contributed by atoms with Crippen molar-refractivity contribution in [2.24, 2.45) is 5.73 Å². The Balaban J connectivity index is 2.33. The Morgan fingerprint density at radius 3 is 2.35 bits per heavy atom. The van der Waals surface area contributed by atoms with Crippen molar-refractivity contribution in [3.05, 3.63) is 39.2 Å². The molecule has 0 radical (unpaired) electrons. The molecule has 0 aliphatic rings. The molecule has 2 heterocycles. The fraction of sp³-hybridized carbons (Fsp3) is 0.182. The third-order valence-electron chi connectivity index (χ3n) is 2.16. The average molecular weight is 358 g/mol. The highest BCUT2D eigenvalue weighted by Crippen LogP contribution is 2.25. The van der Waals surface area contributed by atoms with Crippen LogP contribution >= 0.6 is 31.9 Å². The predicted octanol–water partition coefficient (Wildman–Crippen LogP) is 2.56.